The Morgan fingerprint density at radius 1 is 1.42 bits per heavy atom. The highest BCUT2D eigenvalue weighted by Gasteiger charge is 2.18. The van der Waals surface area contributed by atoms with E-state index in [1.165, 1.54) is 0 Å². The molecular weight excluding hydrogens is 152 g/mol. The molecule has 0 aliphatic heterocycles. The van der Waals surface area contributed by atoms with E-state index in [-0.39, 0.29) is 11.2 Å². The summed E-state index contributed by atoms with van der Waals surface area (Å²) in [5, 5.41) is 0. The van der Waals surface area contributed by atoms with Crippen LogP contribution >= 0.6 is 0 Å². The molecule has 0 aliphatic carbocycles. The lowest BCUT2D eigenvalue weighted by Gasteiger charge is -2.22. The molecule has 2 heteroatoms. The minimum Gasteiger partial charge on any atom is -0.385 e. The maximum Gasteiger partial charge on any atom is 0.130 e. The molecule has 0 bridgehead atoms. The van der Waals surface area contributed by atoms with Gasteiger partial charge in [0.1, 0.15) is 5.78 Å². The summed E-state index contributed by atoms with van der Waals surface area (Å²) >= 11 is 0. The molecule has 72 valence electrons. The molecule has 0 saturated heterocycles. The molecule has 0 atom stereocenters. The number of methoxy groups -OCH3 is 1. The van der Waals surface area contributed by atoms with Crippen LogP contribution in [0, 0.1) is 5.41 Å². The smallest absolute Gasteiger partial charge is 0.130 e. The Morgan fingerprint density at radius 2 is 2.00 bits per heavy atom. The van der Waals surface area contributed by atoms with E-state index in [1.54, 1.807) is 14.0 Å². The molecule has 0 unspecified atom stereocenters. The van der Waals surface area contributed by atoms with Gasteiger partial charge >= 0.3 is 0 Å². The third-order valence-electron chi connectivity index (χ3n) is 1.93. The summed E-state index contributed by atoms with van der Waals surface area (Å²) < 4.78 is 4.96. The fraction of sp³-hybridized carbons (Fsp3) is 0.900. The standard InChI is InChI=1S/C10H20O2/c1-9(11)8-10(2,3)6-5-7-12-4/h5-8H2,1-4H3. The van der Waals surface area contributed by atoms with E-state index in [1.807, 2.05) is 0 Å². The molecule has 0 aromatic heterocycles. The van der Waals surface area contributed by atoms with Crippen LogP contribution in [0.5, 0.6) is 0 Å². The third-order valence-corrected chi connectivity index (χ3v) is 1.93. The second kappa shape index (κ2) is 5.31. The second-order valence-corrected chi connectivity index (χ2v) is 4.14. The average Bonchev–Trinajstić information content (AvgIpc) is 1.84. The molecule has 0 radical (unpaired) electrons. The van der Waals surface area contributed by atoms with Crippen molar-refractivity contribution >= 4 is 5.78 Å². The normalized spacial score (nSPS) is 11.7. The zero-order valence-electron chi connectivity index (χ0n) is 8.64. The molecule has 0 heterocycles. The minimum absolute atomic E-state index is 0.143. The molecule has 2 nitrogen and oxygen atoms in total. The molecule has 0 spiro atoms. The van der Waals surface area contributed by atoms with Gasteiger partial charge in [-0.2, -0.15) is 0 Å². The monoisotopic (exact) mass is 172 g/mol. The van der Waals surface area contributed by atoms with Crippen molar-refractivity contribution in [2.75, 3.05) is 13.7 Å². The molecule has 0 aromatic rings. The third kappa shape index (κ3) is 6.35. The van der Waals surface area contributed by atoms with Crippen LogP contribution in [0.4, 0.5) is 0 Å². The first-order valence-corrected chi connectivity index (χ1v) is 4.46. The quantitative estimate of drug-likeness (QED) is 0.575. The van der Waals surface area contributed by atoms with E-state index in [0.717, 1.165) is 19.4 Å². The highest BCUT2D eigenvalue weighted by Crippen LogP contribution is 2.26. The zero-order valence-corrected chi connectivity index (χ0v) is 8.64. The second-order valence-electron chi connectivity index (χ2n) is 4.14. The van der Waals surface area contributed by atoms with Crippen molar-refractivity contribution in [1.29, 1.82) is 0 Å². The number of hydrogen-bond donors (Lipinski definition) is 0. The summed E-state index contributed by atoms with van der Waals surface area (Å²) in [7, 11) is 1.71. The Bertz CT molecular complexity index is 139. The van der Waals surface area contributed by atoms with E-state index < -0.39 is 0 Å². The molecule has 0 aromatic carbocycles. The van der Waals surface area contributed by atoms with Crippen LogP contribution < -0.4 is 0 Å². The van der Waals surface area contributed by atoms with Gasteiger partial charge in [0.2, 0.25) is 0 Å². The summed E-state index contributed by atoms with van der Waals surface area (Å²) in [5.74, 6) is 0.275. The number of carbonyl (C=O) groups is 1. The number of ketones is 1. The number of rotatable bonds is 6. The lowest BCUT2D eigenvalue weighted by molar-refractivity contribution is -0.118. The summed E-state index contributed by atoms with van der Waals surface area (Å²) in [6.45, 7) is 6.70. The number of ether oxygens (including phenoxy) is 1. The molecular formula is C10H20O2. The highest BCUT2D eigenvalue weighted by molar-refractivity contribution is 5.76. The lowest BCUT2D eigenvalue weighted by atomic mass is 9.83. The van der Waals surface area contributed by atoms with Crippen LogP contribution in [-0.4, -0.2) is 19.5 Å². The van der Waals surface area contributed by atoms with Crippen LogP contribution in [-0.2, 0) is 9.53 Å². The number of hydrogen-bond acceptors (Lipinski definition) is 2. The lowest BCUT2D eigenvalue weighted by Crippen LogP contribution is -2.16. The summed E-state index contributed by atoms with van der Waals surface area (Å²) in [6, 6.07) is 0. The Kier molecular flexibility index (Phi) is 5.14. The van der Waals surface area contributed by atoms with E-state index >= 15 is 0 Å². The van der Waals surface area contributed by atoms with Crippen molar-refractivity contribution < 1.29 is 9.53 Å². The first kappa shape index (κ1) is 11.6. The molecule has 12 heavy (non-hydrogen) atoms. The van der Waals surface area contributed by atoms with Crippen LogP contribution in [0.2, 0.25) is 0 Å². The minimum atomic E-state index is 0.143. The van der Waals surface area contributed by atoms with E-state index in [9.17, 15) is 4.79 Å². The average molecular weight is 172 g/mol. The van der Waals surface area contributed by atoms with Crippen molar-refractivity contribution in [1.82, 2.24) is 0 Å². The van der Waals surface area contributed by atoms with Gasteiger partial charge in [0.15, 0.2) is 0 Å². The SMILES string of the molecule is COCCCC(C)(C)CC(C)=O. The van der Waals surface area contributed by atoms with Gasteiger partial charge in [-0.1, -0.05) is 13.8 Å². The molecule has 0 N–H and O–H groups in total. The van der Waals surface area contributed by atoms with Gasteiger partial charge in [-0.15, -0.1) is 0 Å². The van der Waals surface area contributed by atoms with Gasteiger partial charge in [0, 0.05) is 20.1 Å². The van der Waals surface area contributed by atoms with E-state index in [2.05, 4.69) is 13.8 Å². The maximum atomic E-state index is 10.9. The molecule has 0 saturated carbocycles. The molecule has 0 aliphatic rings. The molecule has 0 amide bonds. The van der Waals surface area contributed by atoms with Gasteiger partial charge in [0.25, 0.3) is 0 Å². The summed E-state index contributed by atoms with van der Waals surface area (Å²) in [4.78, 5) is 10.9. The highest BCUT2D eigenvalue weighted by atomic mass is 16.5. The van der Waals surface area contributed by atoms with Crippen LogP contribution in [0.25, 0.3) is 0 Å². The zero-order chi connectivity index (χ0) is 9.61. The predicted molar refractivity (Wildman–Crippen MR) is 50.2 cm³/mol. The Balaban J connectivity index is 3.63. The van der Waals surface area contributed by atoms with Crippen LogP contribution in [0.3, 0.4) is 0 Å². The Morgan fingerprint density at radius 3 is 2.42 bits per heavy atom. The molecule has 0 fully saturated rings. The predicted octanol–water partition coefficient (Wildman–Crippen LogP) is 2.42. The Labute approximate surface area is 75.3 Å². The van der Waals surface area contributed by atoms with Crippen molar-refractivity contribution in [2.45, 2.75) is 40.0 Å². The fourth-order valence-electron chi connectivity index (χ4n) is 1.46. The first-order valence-electron chi connectivity index (χ1n) is 4.46. The van der Waals surface area contributed by atoms with E-state index in [4.69, 9.17) is 4.74 Å². The van der Waals surface area contributed by atoms with Crippen LogP contribution in [0.1, 0.15) is 40.0 Å². The van der Waals surface area contributed by atoms with Gasteiger partial charge in [-0.05, 0) is 25.2 Å². The summed E-state index contributed by atoms with van der Waals surface area (Å²) in [5.41, 5.74) is 0.143. The van der Waals surface area contributed by atoms with Crippen molar-refractivity contribution in [3.8, 4) is 0 Å². The van der Waals surface area contributed by atoms with Gasteiger partial charge < -0.3 is 9.53 Å². The largest absolute Gasteiger partial charge is 0.385 e. The number of Topliss-reactive ketones (excluding diaryl/α,β-unsaturated/α-hetero) is 1. The van der Waals surface area contributed by atoms with Gasteiger partial charge in [-0.3, -0.25) is 0 Å². The number of carbonyl (C=O) groups excluding carboxylic acids is 1. The topological polar surface area (TPSA) is 26.3 Å². The van der Waals surface area contributed by atoms with Gasteiger partial charge in [0.05, 0.1) is 0 Å². The summed E-state index contributed by atoms with van der Waals surface area (Å²) in [6.07, 6.45) is 2.77. The van der Waals surface area contributed by atoms with Crippen molar-refractivity contribution in [2.24, 2.45) is 5.41 Å². The molecule has 0 rings (SSSR count). The van der Waals surface area contributed by atoms with Gasteiger partial charge in [-0.25, -0.2) is 0 Å². The Hall–Kier alpha value is -0.370. The van der Waals surface area contributed by atoms with Crippen LogP contribution in [0.15, 0.2) is 0 Å². The maximum absolute atomic E-state index is 10.9. The van der Waals surface area contributed by atoms with E-state index in [0.29, 0.717) is 6.42 Å². The fourth-order valence-corrected chi connectivity index (χ4v) is 1.46. The van der Waals surface area contributed by atoms with Crippen molar-refractivity contribution in [3.63, 3.8) is 0 Å². The first-order chi connectivity index (χ1) is 5.48. The van der Waals surface area contributed by atoms with Crippen molar-refractivity contribution in [3.05, 3.63) is 0 Å².